The molecule has 7 nitrogen and oxygen atoms in total. The zero-order chi connectivity index (χ0) is 16.8. The van der Waals surface area contributed by atoms with Crippen molar-refractivity contribution >= 4 is 33.7 Å². The second-order valence-corrected chi connectivity index (χ2v) is 5.41. The Bertz CT molecular complexity index is 699. The van der Waals surface area contributed by atoms with E-state index in [1.54, 1.807) is 18.3 Å². The number of ether oxygens (including phenoxy) is 1. The number of aromatic nitrogens is 1. The Morgan fingerprint density at radius 1 is 1.48 bits per heavy atom. The van der Waals surface area contributed by atoms with Crippen LogP contribution in [0.4, 0.5) is 5.88 Å². The highest BCUT2D eigenvalue weighted by Gasteiger charge is 2.25. The van der Waals surface area contributed by atoms with Gasteiger partial charge in [0.1, 0.15) is 0 Å². The van der Waals surface area contributed by atoms with Crippen molar-refractivity contribution in [3.63, 3.8) is 0 Å². The summed E-state index contributed by atoms with van der Waals surface area (Å²) in [7, 11) is 0. The molecular formula is C15H15BrN2O5. The van der Waals surface area contributed by atoms with Gasteiger partial charge >= 0.3 is 5.97 Å². The van der Waals surface area contributed by atoms with E-state index >= 15 is 0 Å². The fourth-order valence-corrected chi connectivity index (χ4v) is 2.12. The van der Waals surface area contributed by atoms with Crippen LogP contribution in [0.5, 0.6) is 11.5 Å². The van der Waals surface area contributed by atoms with Crippen LogP contribution >= 0.6 is 15.9 Å². The molecule has 2 N–H and O–H groups in total. The summed E-state index contributed by atoms with van der Waals surface area (Å²) in [6, 6.07) is 3.33. The first-order valence-electron chi connectivity index (χ1n) is 6.83. The molecule has 2 heterocycles. The summed E-state index contributed by atoms with van der Waals surface area (Å²) in [5, 5.41) is 13.4. The summed E-state index contributed by atoms with van der Waals surface area (Å²) in [4.78, 5) is 27.0. The summed E-state index contributed by atoms with van der Waals surface area (Å²) < 4.78 is 10.4. The molecule has 2 aromatic rings. The number of esters is 1. The molecule has 0 bridgehead atoms. The van der Waals surface area contributed by atoms with Crippen molar-refractivity contribution in [2.75, 3.05) is 10.6 Å². The average Bonchev–Trinajstić information content (AvgIpc) is 2.82. The lowest BCUT2D eigenvalue weighted by Crippen LogP contribution is -2.12. The first-order chi connectivity index (χ1) is 11.0. The van der Waals surface area contributed by atoms with Crippen LogP contribution in [-0.4, -0.2) is 27.3 Å². The number of aromatic hydroxyl groups is 1. The molecule has 122 valence electrons. The lowest BCUT2D eigenvalue weighted by Gasteiger charge is -2.04. The normalized spacial score (nSPS) is 10.3. The molecule has 0 unspecified atom stereocenters. The molecule has 0 spiro atoms. The average molecular weight is 383 g/mol. The van der Waals surface area contributed by atoms with E-state index in [0.29, 0.717) is 17.3 Å². The molecule has 23 heavy (non-hydrogen) atoms. The van der Waals surface area contributed by atoms with E-state index in [-0.39, 0.29) is 35.5 Å². The molecule has 0 aliphatic carbocycles. The number of nitrogens with one attached hydrogen (secondary N) is 1. The van der Waals surface area contributed by atoms with Gasteiger partial charge in [0.25, 0.3) is 0 Å². The van der Waals surface area contributed by atoms with Gasteiger partial charge in [-0.2, -0.15) is 0 Å². The summed E-state index contributed by atoms with van der Waals surface area (Å²) in [5.41, 5.74) is 0.486. The van der Waals surface area contributed by atoms with Gasteiger partial charge in [-0.05, 0) is 18.6 Å². The number of hydrogen-bond acceptors (Lipinski definition) is 6. The van der Waals surface area contributed by atoms with Gasteiger partial charge in [-0.15, -0.1) is 0 Å². The second kappa shape index (κ2) is 7.77. The van der Waals surface area contributed by atoms with Gasteiger partial charge in [0.05, 0.1) is 0 Å². The number of pyridine rings is 1. The van der Waals surface area contributed by atoms with E-state index in [9.17, 15) is 14.7 Å². The zero-order valence-corrected chi connectivity index (χ0v) is 13.9. The number of carbonyl (C=O) groups excluding carboxylic acids is 2. The van der Waals surface area contributed by atoms with E-state index in [0.717, 1.165) is 0 Å². The minimum atomic E-state index is -0.644. The van der Waals surface area contributed by atoms with Gasteiger partial charge in [0, 0.05) is 36.6 Å². The Morgan fingerprint density at radius 3 is 2.87 bits per heavy atom. The smallest absolute Gasteiger partial charge is 0.308 e. The van der Waals surface area contributed by atoms with Crippen molar-refractivity contribution in [3.8, 4) is 22.8 Å². The highest BCUT2D eigenvalue weighted by Crippen LogP contribution is 2.46. The second-order valence-electron chi connectivity index (χ2n) is 4.61. The molecule has 1 amide bonds. The molecule has 0 aromatic carbocycles. The highest BCUT2D eigenvalue weighted by atomic mass is 79.9. The molecule has 0 saturated carbocycles. The predicted octanol–water partition coefficient (Wildman–Crippen LogP) is 3.09. The fraction of sp³-hybridized carbons (Fsp3) is 0.267. The number of hydrogen-bond donors (Lipinski definition) is 2. The molecule has 0 atom stereocenters. The monoisotopic (exact) mass is 382 g/mol. The van der Waals surface area contributed by atoms with Crippen molar-refractivity contribution in [1.29, 1.82) is 0 Å². The number of amides is 1. The van der Waals surface area contributed by atoms with Crippen molar-refractivity contribution in [2.24, 2.45) is 0 Å². The minimum absolute atomic E-state index is 0.0603. The Balaban J connectivity index is 2.36. The van der Waals surface area contributed by atoms with Gasteiger partial charge < -0.3 is 14.3 Å². The van der Waals surface area contributed by atoms with Crippen LogP contribution in [0.3, 0.4) is 0 Å². The van der Waals surface area contributed by atoms with E-state index < -0.39 is 5.97 Å². The zero-order valence-electron chi connectivity index (χ0n) is 12.3. The third-order valence-electron chi connectivity index (χ3n) is 2.80. The largest absolute Gasteiger partial charge is 0.502 e. The van der Waals surface area contributed by atoms with Crippen LogP contribution in [0.1, 0.15) is 19.8 Å². The maximum atomic E-state index is 11.8. The van der Waals surface area contributed by atoms with Crippen molar-refractivity contribution in [3.05, 3.63) is 24.5 Å². The number of rotatable bonds is 6. The number of halogens is 1. The topological polar surface area (TPSA) is 102 Å². The van der Waals surface area contributed by atoms with Gasteiger partial charge in [-0.25, -0.2) is 0 Å². The van der Waals surface area contributed by atoms with Crippen LogP contribution in [0.15, 0.2) is 28.9 Å². The Morgan fingerprint density at radius 2 is 2.26 bits per heavy atom. The lowest BCUT2D eigenvalue weighted by molar-refractivity contribution is -0.132. The predicted molar refractivity (Wildman–Crippen MR) is 86.6 cm³/mol. The molecule has 0 aliphatic heterocycles. The molecule has 8 heteroatoms. The lowest BCUT2D eigenvalue weighted by atomic mass is 10.2. The Labute approximate surface area is 140 Å². The molecule has 0 saturated heterocycles. The highest BCUT2D eigenvalue weighted by molar-refractivity contribution is 9.09. The number of alkyl halides is 1. The van der Waals surface area contributed by atoms with E-state index in [1.807, 2.05) is 0 Å². The summed E-state index contributed by atoms with van der Waals surface area (Å²) >= 11 is 3.24. The molecule has 2 aromatic heterocycles. The molecule has 2 rings (SSSR count). The number of nitrogens with zero attached hydrogens (tertiary/aromatic N) is 1. The number of carbonyl (C=O) groups is 2. The Kier molecular flexibility index (Phi) is 5.75. The SMILES string of the molecule is CC(=O)Oc1c(NC(=O)CCCBr)oc(-c2cccnc2)c1O. The van der Waals surface area contributed by atoms with E-state index in [4.69, 9.17) is 9.15 Å². The maximum Gasteiger partial charge on any atom is 0.308 e. The van der Waals surface area contributed by atoms with E-state index in [1.165, 1.54) is 13.1 Å². The van der Waals surface area contributed by atoms with Crippen molar-refractivity contribution < 1.29 is 23.8 Å². The van der Waals surface area contributed by atoms with Crippen molar-refractivity contribution in [2.45, 2.75) is 19.8 Å². The number of anilines is 1. The standard InChI is InChI=1S/C15H15BrN2O5/c1-9(19)22-14-12(21)13(10-4-3-7-17-8-10)23-15(14)18-11(20)5-2-6-16/h3-4,7-8,21H,2,5-6H2,1H3,(H,18,20). The van der Waals surface area contributed by atoms with Gasteiger partial charge in [0.15, 0.2) is 5.76 Å². The van der Waals surface area contributed by atoms with Gasteiger partial charge in [-0.3, -0.25) is 19.9 Å². The molecule has 0 radical (unpaired) electrons. The van der Waals surface area contributed by atoms with Gasteiger partial charge in [-0.1, -0.05) is 15.9 Å². The Hall–Kier alpha value is -2.35. The first kappa shape index (κ1) is 17.0. The van der Waals surface area contributed by atoms with Crippen LogP contribution in [-0.2, 0) is 9.59 Å². The molecule has 0 fully saturated rings. The van der Waals surface area contributed by atoms with Crippen LogP contribution in [0.25, 0.3) is 11.3 Å². The van der Waals surface area contributed by atoms with Crippen LogP contribution in [0.2, 0.25) is 0 Å². The quantitative estimate of drug-likeness (QED) is 0.587. The fourth-order valence-electron chi connectivity index (χ4n) is 1.84. The van der Waals surface area contributed by atoms with E-state index in [2.05, 4.69) is 26.2 Å². The summed E-state index contributed by atoms with van der Waals surface area (Å²) in [5.74, 6) is -1.60. The molecule has 0 aliphatic rings. The molecular weight excluding hydrogens is 368 g/mol. The van der Waals surface area contributed by atoms with Gasteiger partial charge in [0.2, 0.25) is 23.3 Å². The van der Waals surface area contributed by atoms with Crippen molar-refractivity contribution in [1.82, 2.24) is 4.98 Å². The summed E-state index contributed by atoms with van der Waals surface area (Å²) in [6.45, 7) is 1.19. The first-order valence-corrected chi connectivity index (χ1v) is 7.95. The third-order valence-corrected chi connectivity index (χ3v) is 3.36. The maximum absolute atomic E-state index is 11.8. The minimum Gasteiger partial charge on any atom is -0.502 e. The van der Waals surface area contributed by atoms with Crippen LogP contribution in [0, 0.1) is 0 Å². The van der Waals surface area contributed by atoms with Crippen LogP contribution < -0.4 is 10.1 Å². The third kappa shape index (κ3) is 4.32. The number of furan rings is 1. The summed E-state index contributed by atoms with van der Waals surface area (Å²) in [6.07, 6.45) is 3.94.